The van der Waals surface area contributed by atoms with Crippen LogP contribution in [0.2, 0.25) is 0 Å². The van der Waals surface area contributed by atoms with Crippen molar-refractivity contribution in [3.05, 3.63) is 59.5 Å². The van der Waals surface area contributed by atoms with Crippen molar-refractivity contribution in [3.63, 3.8) is 0 Å². The lowest BCUT2D eigenvalue weighted by Gasteiger charge is -2.07. The zero-order valence-corrected chi connectivity index (χ0v) is 13.9. The molecule has 0 amide bonds. The number of aryl methyl sites for hydroxylation is 2. The van der Waals surface area contributed by atoms with E-state index in [1.165, 1.54) is 0 Å². The number of rotatable bonds is 5. The molecule has 0 atom stereocenters. The topological polar surface area (TPSA) is 72.2 Å². The average Bonchev–Trinajstić information content (AvgIpc) is 2.86. The lowest BCUT2D eigenvalue weighted by Crippen LogP contribution is -2.26. The molecule has 3 aromatic rings. The first kappa shape index (κ1) is 15.7. The molecule has 0 fully saturated rings. The third-order valence-corrected chi connectivity index (χ3v) is 5.02. The molecule has 120 valence electrons. The van der Waals surface area contributed by atoms with Gasteiger partial charge in [-0.1, -0.05) is 18.2 Å². The lowest BCUT2D eigenvalue weighted by molar-refractivity contribution is 0.561. The van der Waals surface area contributed by atoms with Crippen LogP contribution in [-0.2, 0) is 16.4 Å². The zero-order chi connectivity index (χ0) is 16.4. The molecule has 23 heavy (non-hydrogen) atoms. The molecule has 0 radical (unpaired) electrons. The number of nitrogens with zero attached hydrogens (tertiary/aromatic N) is 1. The van der Waals surface area contributed by atoms with Crippen LogP contribution in [0.25, 0.3) is 11.1 Å². The normalized spacial score (nSPS) is 11.9. The Hall–Kier alpha value is -2.18. The molecule has 1 aromatic heterocycles. The van der Waals surface area contributed by atoms with E-state index in [1.807, 2.05) is 31.2 Å². The van der Waals surface area contributed by atoms with E-state index in [0.29, 0.717) is 23.8 Å². The Labute approximate surface area is 135 Å². The summed E-state index contributed by atoms with van der Waals surface area (Å²) in [5, 5.41) is 0. The maximum atomic E-state index is 12.3. The minimum absolute atomic E-state index is 0.292. The SMILES string of the molecule is Cc1cccc(S(=O)(=O)NCCc2ccc3oc(C)nc3c2)c1. The average molecular weight is 330 g/mol. The highest BCUT2D eigenvalue weighted by molar-refractivity contribution is 7.89. The molecule has 3 rings (SSSR count). The van der Waals surface area contributed by atoms with E-state index >= 15 is 0 Å². The number of sulfonamides is 1. The summed E-state index contributed by atoms with van der Waals surface area (Å²) in [5.74, 6) is 0.623. The Bertz CT molecular complexity index is 945. The zero-order valence-electron chi connectivity index (χ0n) is 13.0. The Morgan fingerprint density at radius 1 is 1.13 bits per heavy atom. The minimum atomic E-state index is -3.48. The molecule has 1 N–H and O–H groups in total. The number of aromatic nitrogens is 1. The van der Waals surface area contributed by atoms with Crippen LogP contribution in [0.1, 0.15) is 17.0 Å². The first-order valence-corrected chi connectivity index (χ1v) is 8.85. The summed E-state index contributed by atoms with van der Waals surface area (Å²) < 4.78 is 32.6. The quantitative estimate of drug-likeness (QED) is 0.780. The second-order valence-corrected chi connectivity index (χ2v) is 7.27. The van der Waals surface area contributed by atoms with Gasteiger partial charge in [-0.05, 0) is 48.7 Å². The molecule has 0 saturated carbocycles. The van der Waals surface area contributed by atoms with E-state index in [0.717, 1.165) is 22.2 Å². The molecule has 6 heteroatoms. The van der Waals surface area contributed by atoms with Crippen molar-refractivity contribution in [2.75, 3.05) is 6.54 Å². The van der Waals surface area contributed by atoms with E-state index in [9.17, 15) is 8.42 Å². The maximum absolute atomic E-state index is 12.3. The molecule has 0 aliphatic heterocycles. The van der Waals surface area contributed by atoms with Crippen molar-refractivity contribution in [2.45, 2.75) is 25.2 Å². The fourth-order valence-corrected chi connectivity index (χ4v) is 3.58. The standard InChI is InChI=1S/C17H18N2O3S/c1-12-4-3-5-15(10-12)23(20,21)18-9-8-14-6-7-17-16(11-14)19-13(2)22-17/h3-7,10-11,18H,8-9H2,1-2H3. The van der Waals surface area contributed by atoms with Crippen molar-refractivity contribution in [2.24, 2.45) is 0 Å². The van der Waals surface area contributed by atoms with Crippen LogP contribution in [0.5, 0.6) is 0 Å². The molecule has 2 aromatic carbocycles. The Morgan fingerprint density at radius 2 is 1.96 bits per heavy atom. The van der Waals surface area contributed by atoms with Gasteiger partial charge in [0.1, 0.15) is 5.52 Å². The molecule has 0 spiro atoms. The van der Waals surface area contributed by atoms with E-state index in [2.05, 4.69) is 9.71 Å². The largest absolute Gasteiger partial charge is 0.441 e. The van der Waals surface area contributed by atoms with Gasteiger partial charge in [-0.15, -0.1) is 0 Å². The maximum Gasteiger partial charge on any atom is 0.240 e. The van der Waals surface area contributed by atoms with E-state index in [1.54, 1.807) is 25.1 Å². The first-order valence-electron chi connectivity index (χ1n) is 7.36. The van der Waals surface area contributed by atoms with Crippen molar-refractivity contribution < 1.29 is 12.8 Å². The number of oxazole rings is 1. The molecule has 0 aliphatic rings. The van der Waals surface area contributed by atoms with Crippen molar-refractivity contribution in [1.82, 2.24) is 9.71 Å². The summed E-state index contributed by atoms with van der Waals surface area (Å²) in [6.07, 6.45) is 0.590. The summed E-state index contributed by atoms with van der Waals surface area (Å²) >= 11 is 0. The molecule has 0 saturated heterocycles. The summed E-state index contributed by atoms with van der Waals surface area (Å²) in [5.41, 5.74) is 3.46. The lowest BCUT2D eigenvalue weighted by atomic mass is 10.1. The van der Waals surface area contributed by atoms with Crippen LogP contribution < -0.4 is 4.72 Å². The van der Waals surface area contributed by atoms with Gasteiger partial charge in [0.25, 0.3) is 0 Å². The van der Waals surface area contributed by atoms with Gasteiger partial charge in [-0.2, -0.15) is 0 Å². The molecule has 0 aliphatic carbocycles. The predicted octanol–water partition coefficient (Wildman–Crippen LogP) is 2.97. The van der Waals surface area contributed by atoms with Crippen molar-refractivity contribution in [3.8, 4) is 0 Å². The number of benzene rings is 2. The summed E-state index contributed by atoms with van der Waals surface area (Å²) in [6.45, 7) is 4.00. The van der Waals surface area contributed by atoms with Crippen LogP contribution in [0, 0.1) is 13.8 Å². The van der Waals surface area contributed by atoms with Crippen LogP contribution in [0.15, 0.2) is 51.8 Å². The van der Waals surface area contributed by atoms with Gasteiger partial charge >= 0.3 is 0 Å². The summed E-state index contributed by atoms with van der Waals surface area (Å²) in [4.78, 5) is 4.57. The minimum Gasteiger partial charge on any atom is -0.441 e. The molecular formula is C17H18N2O3S. The van der Waals surface area contributed by atoms with Gasteiger partial charge in [0, 0.05) is 13.5 Å². The van der Waals surface area contributed by atoms with Crippen LogP contribution in [0.4, 0.5) is 0 Å². The van der Waals surface area contributed by atoms with Crippen LogP contribution in [0.3, 0.4) is 0 Å². The number of nitrogens with one attached hydrogen (secondary N) is 1. The van der Waals surface area contributed by atoms with Gasteiger partial charge in [0.2, 0.25) is 10.0 Å². The Morgan fingerprint density at radius 3 is 2.74 bits per heavy atom. The van der Waals surface area contributed by atoms with E-state index in [4.69, 9.17) is 4.42 Å². The summed E-state index contributed by atoms with van der Waals surface area (Å²) in [6, 6.07) is 12.6. The van der Waals surface area contributed by atoms with Gasteiger partial charge in [0.15, 0.2) is 11.5 Å². The van der Waals surface area contributed by atoms with Gasteiger partial charge in [-0.25, -0.2) is 18.1 Å². The van der Waals surface area contributed by atoms with Gasteiger partial charge in [-0.3, -0.25) is 0 Å². The summed E-state index contributed by atoms with van der Waals surface area (Å²) in [7, 11) is -3.48. The fraction of sp³-hybridized carbons (Fsp3) is 0.235. The molecular weight excluding hydrogens is 312 g/mol. The molecule has 0 bridgehead atoms. The number of fused-ring (bicyclic) bond motifs is 1. The Kier molecular flexibility index (Phi) is 4.19. The van der Waals surface area contributed by atoms with E-state index in [-0.39, 0.29) is 0 Å². The Balaban J connectivity index is 1.68. The monoisotopic (exact) mass is 330 g/mol. The molecule has 5 nitrogen and oxygen atoms in total. The molecule has 1 heterocycles. The predicted molar refractivity (Wildman–Crippen MR) is 88.8 cm³/mol. The second-order valence-electron chi connectivity index (χ2n) is 5.50. The smallest absolute Gasteiger partial charge is 0.240 e. The highest BCUT2D eigenvalue weighted by Crippen LogP contribution is 2.17. The van der Waals surface area contributed by atoms with Crippen molar-refractivity contribution in [1.29, 1.82) is 0 Å². The number of hydrogen-bond acceptors (Lipinski definition) is 4. The fourth-order valence-electron chi connectivity index (χ4n) is 2.44. The van der Waals surface area contributed by atoms with Crippen molar-refractivity contribution >= 4 is 21.1 Å². The number of hydrogen-bond donors (Lipinski definition) is 1. The van der Waals surface area contributed by atoms with Gasteiger partial charge in [0.05, 0.1) is 4.90 Å². The molecule has 0 unspecified atom stereocenters. The second kappa shape index (κ2) is 6.14. The first-order chi connectivity index (χ1) is 10.9. The highest BCUT2D eigenvalue weighted by atomic mass is 32.2. The third-order valence-electron chi connectivity index (χ3n) is 3.56. The van der Waals surface area contributed by atoms with Crippen LogP contribution in [-0.4, -0.2) is 19.9 Å². The van der Waals surface area contributed by atoms with Crippen LogP contribution >= 0.6 is 0 Å². The van der Waals surface area contributed by atoms with Gasteiger partial charge < -0.3 is 4.42 Å². The third kappa shape index (κ3) is 3.60. The highest BCUT2D eigenvalue weighted by Gasteiger charge is 2.13. The van der Waals surface area contributed by atoms with E-state index < -0.39 is 10.0 Å².